The van der Waals surface area contributed by atoms with Gasteiger partial charge in [-0.25, -0.2) is 18.7 Å². The molecule has 0 unspecified atom stereocenters. The van der Waals surface area contributed by atoms with Crippen LogP contribution in [-0.2, 0) is 30.5 Å². The fourth-order valence-corrected chi connectivity index (χ4v) is 10.5. The topological polar surface area (TPSA) is 243 Å². The highest BCUT2D eigenvalue weighted by molar-refractivity contribution is 7.13. The van der Waals surface area contributed by atoms with Crippen LogP contribution in [0.4, 0.5) is 20.3 Å². The number of carbonyl (C=O) groups is 6. The zero-order valence-corrected chi connectivity index (χ0v) is 48.6. The van der Waals surface area contributed by atoms with Crippen molar-refractivity contribution in [3.05, 3.63) is 94.9 Å². The van der Waals surface area contributed by atoms with Gasteiger partial charge in [-0.05, 0) is 68.4 Å². The van der Waals surface area contributed by atoms with Crippen LogP contribution in [0.1, 0.15) is 178 Å². The SMILES string of the molecule is Cc1ncsc1-c1ccc(CNC(=O)[C@@H]2C[C@@H](O)CN2C(=O)[C@H](NC(=O)CCCCCCCCCCCCCCCCNC(=O)CCC(=O)Nc2cc(C(=O)Nc3cccc(-c4nncn4C(C)C)n3)c(F)cc2F)C(C)(C)C)cc1. The second kappa shape index (κ2) is 31.3. The number of nitrogens with zero attached hydrogens (tertiary/aromatic N) is 6. The first kappa shape index (κ1) is 63.2. The summed E-state index contributed by atoms with van der Waals surface area (Å²) >= 11 is 1.58. The lowest BCUT2D eigenvalue weighted by Gasteiger charge is -2.35. The molecule has 0 saturated carbocycles. The zero-order valence-electron chi connectivity index (χ0n) is 47.8. The van der Waals surface area contributed by atoms with Gasteiger partial charge in [0, 0.05) is 57.4 Å². The molecule has 18 nitrogen and oxygen atoms in total. The number of anilines is 2. The zero-order chi connectivity index (χ0) is 58.5. The molecule has 3 aromatic heterocycles. The van der Waals surface area contributed by atoms with Gasteiger partial charge in [-0.15, -0.1) is 21.5 Å². The molecule has 1 fully saturated rings. The van der Waals surface area contributed by atoms with E-state index in [9.17, 15) is 42.7 Å². The summed E-state index contributed by atoms with van der Waals surface area (Å²) in [4.78, 5) is 90.0. The van der Waals surface area contributed by atoms with Gasteiger partial charge in [0.05, 0.1) is 33.4 Å². The molecule has 0 radical (unpaired) electrons. The Balaban J connectivity index is 0.755. The van der Waals surface area contributed by atoms with Crippen LogP contribution >= 0.6 is 11.3 Å². The summed E-state index contributed by atoms with van der Waals surface area (Å²) in [5.74, 6) is -4.41. The summed E-state index contributed by atoms with van der Waals surface area (Å²) in [5, 5.41) is 32.2. The van der Waals surface area contributed by atoms with E-state index >= 15 is 0 Å². The Morgan fingerprint density at radius 3 is 2.04 bits per heavy atom. The number of aromatic nitrogens is 5. The third-order valence-corrected chi connectivity index (χ3v) is 15.3. The van der Waals surface area contributed by atoms with Gasteiger partial charge in [-0.1, -0.05) is 128 Å². The largest absolute Gasteiger partial charge is 0.391 e. The highest BCUT2D eigenvalue weighted by Gasteiger charge is 2.44. The predicted molar refractivity (Wildman–Crippen MR) is 310 cm³/mol. The molecule has 438 valence electrons. The number of likely N-dealkylation sites (tertiary alicyclic amines) is 1. The number of amides is 6. The van der Waals surface area contributed by atoms with Crippen LogP contribution in [0.15, 0.2) is 66.4 Å². The van der Waals surface area contributed by atoms with E-state index in [0.717, 1.165) is 92.0 Å². The van der Waals surface area contributed by atoms with Gasteiger partial charge < -0.3 is 41.2 Å². The predicted octanol–water partition coefficient (Wildman–Crippen LogP) is 10.4. The molecule has 81 heavy (non-hydrogen) atoms. The summed E-state index contributed by atoms with van der Waals surface area (Å²) in [6, 6.07) is 12.5. The number of halogens is 2. The average molecular weight is 1140 g/mol. The molecule has 1 saturated heterocycles. The van der Waals surface area contributed by atoms with Crippen molar-refractivity contribution < 1.29 is 42.7 Å². The number of hydrogen-bond acceptors (Lipinski definition) is 12. The van der Waals surface area contributed by atoms with Gasteiger partial charge >= 0.3 is 0 Å². The minimum Gasteiger partial charge on any atom is -0.391 e. The van der Waals surface area contributed by atoms with Gasteiger partial charge in [0.25, 0.3) is 5.91 Å². The highest BCUT2D eigenvalue weighted by atomic mass is 32.1. The molecular weight excluding hydrogens is 1060 g/mol. The second-order valence-electron chi connectivity index (χ2n) is 22.4. The molecule has 0 bridgehead atoms. The number of hydrogen-bond donors (Lipinski definition) is 6. The van der Waals surface area contributed by atoms with Crippen LogP contribution in [-0.4, -0.2) is 101 Å². The summed E-state index contributed by atoms with van der Waals surface area (Å²) in [6.45, 7) is 12.3. The summed E-state index contributed by atoms with van der Waals surface area (Å²) in [5.41, 5.74) is 3.64. The van der Waals surface area contributed by atoms with Crippen LogP contribution in [0.25, 0.3) is 22.0 Å². The number of pyridine rings is 1. The van der Waals surface area contributed by atoms with E-state index in [2.05, 4.69) is 46.7 Å². The van der Waals surface area contributed by atoms with E-state index < -0.39 is 58.3 Å². The number of nitrogens with one attached hydrogen (secondary N) is 5. The molecule has 0 aliphatic carbocycles. The number of unbranched alkanes of at least 4 members (excludes halogenated alkanes) is 13. The highest BCUT2D eigenvalue weighted by Crippen LogP contribution is 2.30. The van der Waals surface area contributed by atoms with Crippen molar-refractivity contribution in [2.24, 2.45) is 5.41 Å². The molecule has 4 heterocycles. The molecule has 5 aromatic rings. The van der Waals surface area contributed by atoms with Gasteiger partial charge in [0.2, 0.25) is 29.5 Å². The number of thiazole rings is 1. The Bertz CT molecular complexity index is 2890. The number of aryl methyl sites for hydroxylation is 1. The summed E-state index contributed by atoms with van der Waals surface area (Å²) in [6.07, 6.45) is 15.6. The Hall–Kier alpha value is -7.00. The van der Waals surface area contributed by atoms with Crippen LogP contribution in [0.2, 0.25) is 0 Å². The minimum atomic E-state index is -1.13. The van der Waals surface area contributed by atoms with Crippen LogP contribution in [0, 0.1) is 24.0 Å². The van der Waals surface area contributed by atoms with Gasteiger partial charge in [0.1, 0.15) is 41.6 Å². The quantitative estimate of drug-likeness (QED) is 0.0228. The lowest BCUT2D eigenvalue weighted by atomic mass is 9.85. The van der Waals surface area contributed by atoms with Gasteiger partial charge in [-0.2, -0.15) is 0 Å². The van der Waals surface area contributed by atoms with Crippen molar-refractivity contribution in [1.82, 2.24) is 45.6 Å². The molecule has 6 rings (SSSR count). The summed E-state index contributed by atoms with van der Waals surface area (Å²) in [7, 11) is 0. The van der Waals surface area contributed by atoms with Crippen molar-refractivity contribution >= 4 is 58.3 Å². The maximum absolute atomic E-state index is 14.8. The van der Waals surface area contributed by atoms with Crippen molar-refractivity contribution in [2.75, 3.05) is 23.7 Å². The average Bonchev–Trinajstić information content (AvgIpc) is 4.28. The van der Waals surface area contributed by atoms with Crippen molar-refractivity contribution in [3.63, 3.8) is 0 Å². The standard InChI is InChI=1S/C60H81F2N11O7S/c1-39(2)73-37-66-71-56(73)47-22-21-23-50(67-47)69-57(78)44-33-48(46(62)34-45(44)61)68-53(77)30-29-51(75)63-31-20-18-16-14-12-10-8-7-9-11-13-15-17-19-24-52(76)70-55(60(4,5)6)59(80)72-36-43(74)32-49(72)58(79)64-35-41-25-27-42(28-26-41)54-40(3)65-38-81-54/h21-23,25-28,33-34,37-39,43,49,55,74H,7-20,24,29-32,35-36H2,1-6H3,(H,63,75)(H,64,79)(H,68,77)(H,70,76)(H,67,69,78)/t43-,49+,55+/m1/s1. The Morgan fingerprint density at radius 1 is 0.765 bits per heavy atom. The summed E-state index contributed by atoms with van der Waals surface area (Å²) < 4.78 is 31.3. The first-order valence-corrected chi connectivity index (χ1v) is 29.5. The molecule has 0 spiro atoms. The van der Waals surface area contributed by atoms with Crippen LogP contribution < -0.4 is 26.6 Å². The monoisotopic (exact) mass is 1140 g/mol. The van der Waals surface area contributed by atoms with E-state index in [0.29, 0.717) is 30.6 Å². The van der Waals surface area contributed by atoms with Gasteiger partial charge in [-0.3, -0.25) is 28.8 Å². The Kier molecular flexibility index (Phi) is 24.4. The molecular formula is C60H81F2N11O7S. The second-order valence-corrected chi connectivity index (χ2v) is 23.2. The van der Waals surface area contributed by atoms with E-state index in [4.69, 9.17) is 0 Å². The van der Waals surface area contributed by atoms with E-state index in [1.54, 1.807) is 34.4 Å². The molecule has 1 aliphatic heterocycles. The number of rotatable bonds is 31. The maximum Gasteiger partial charge on any atom is 0.259 e. The smallest absolute Gasteiger partial charge is 0.259 e. The fourth-order valence-electron chi connectivity index (χ4n) is 9.74. The molecule has 6 amide bonds. The molecule has 3 atom stereocenters. The first-order valence-electron chi connectivity index (χ1n) is 28.6. The molecule has 21 heteroatoms. The number of aliphatic hydroxyl groups excluding tert-OH is 1. The normalized spacial score (nSPS) is 14.7. The van der Waals surface area contributed by atoms with E-state index in [-0.39, 0.29) is 67.8 Å². The molecule has 1 aliphatic rings. The Labute approximate surface area is 478 Å². The third kappa shape index (κ3) is 19.6. The number of carbonyl (C=O) groups excluding carboxylic acids is 6. The lowest BCUT2D eigenvalue weighted by Crippen LogP contribution is -2.57. The molecule has 2 aromatic carbocycles. The fraction of sp³-hybridized carbons (Fsp3) is 0.533. The van der Waals surface area contributed by atoms with E-state index in [1.807, 2.05) is 71.3 Å². The first-order chi connectivity index (χ1) is 38.8. The van der Waals surface area contributed by atoms with Crippen LogP contribution in [0.3, 0.4) is 0 Å². The van der Waals surface area contributed by atoms with Crippen molar-refractivity contribution in [1.29, 1.82) is 0 Å². The Morgan fingerprint density at radius 2 is 1.41 bits per heavy atom. The maximum atomic E-state index is 14.8. The number of benzene rings is 2. The van der Waals surface area contributed by atoms with Crippen LogP contribution in [0.5, 0.6) is 0 Å². The molecule has 6 N–H and O–H groups in total. The van der Waals surface area contributed by atoms with Crippen molar-refractivity contribution in [2.45, 2.75) is 188 Å². The van der Waals surface area contributed by atoms with Crippen molar-refractivity contribution in [3.8, 4) is 22.0 Å². The third-order valence-electron chi connectivity index (χ3n) is 14.4. The lowest BCUT2D eigenvalue weighted by molar-refractivity contribution is -0.144. The number of aliphatic hydroxyl groups is 1. The van der Waals surface area contributed by atoms with Gasteiger partial charge in [0.15, 0.2) is 5.82 Å². The number of β-amino-alcohol motifs (C(OH)–C–C–N with tert-alkyl or cyclic N) is 1. The minimum absolute atomic E-state index is 0.0255. The van der Waals surface area contributed by atoms with E-state index in [1.165, 1.54) is 36.6 Å².